The Bertz CT molecular complexity index is 1250. The van der Waals surface area contributed by atoms with Gasteiger partial charge in [-0.15, -0.1) is 0 Å². The number of aromatic nitrogens is 6. The first-order valence-electron chi connectivity index (χ1n) is 9.09. The Morgan fingerprint density at radius 2 is 1.42 bits per heavy atom. The average Bonchev–Trinajstić information content (AvgIpc) is 3.30. The minimum atomic E-state index is -4.70. The smallest absolute Gasteiger partial charge is 0.573 e. The molecule has 4 rings (SSSR count). The SMILES string of the molecule is FC(F)(F)c1ccnc(-c2cc(C(F)(F)F)n[n-]2)c1.FC(F)(F)c1n[c-]c(-c2ccccn2)cn1.[Pt+2]. The van der Waals surface area contributed by atoms with Crippen LogP contribution < -0.4 is 5.10 Å². The van der Waals surface area contributed by atoms with Crippen LogP contribution >= 0.6 is 0 Å². The predicted molar refractivity (Wildman–Crippen MR) is 99.9 cm³/mol. The van der Waals surface area contributed by atoms with Crippen LogP contribution in [0.25, 0.3) is 22.6 Å². The molecule has 0 bridgehead atoms. The van der Waals surface area contributed by atoms with Crippen molar-refractivity contribution in [3.63, 3.8) is 0 Å². The number of alkyl halides is 9. The molecule has 0 saturated heterocycles. The van der Waals surface area contributed by atoms with Crippen molar-refractivity contribution in [2.24, 2.45) is 0 Å². The van der Waals surface area contributed by atoms with E-state index in [1.165, 1.54) is 6.20 Å². The average molecular weight is 699 g/mol. The van der Waals surface area contributed by atoms with Crippen molar-refractivity contribution in [1.29, 1.82) is 0 Å². The minimum absolute atomic E-state index is 0. The monoisotopic (exact) mass is 699 g/mol. The summed E-state index contributed by atoms with van der Waals surface area (Å²) in [5.74, 6) is -1.20. The number of hydrogen-bond acceptors (Lipinski definition) is 5. The molecule has 16 heteroatoms. The van der Waals surface area contributed by atoms with Crippen molar-refractivity contribution in [2.75, 3.05) is 0 Å². The number of hydrogen-bond donors (Lipinski definition) is 0. The van der Waals surface area contributed by atoms with Crippen molar-refractivity contribution in [3.05, 3.63) is 78.3 Å². The van der Waals surface area contributed by atoms with E-state index in [0.717, 1.165) is 12.4 Å². The second-order valence-corrected chi connectivity index (χ2v) is 6.47. The molecule has 0 fully saturated rings. The van der Waals surface area contributed by atoms with Gasteiger partial charge in [0.05, 0.1) is 5.56 Å². The largest absolute Gasteiger partial charge is 2.00 e. The normalized spacial score (nSPS) is 11.8. The molecule has 0 aliphatic heterocycles. The first kappa shape index (κ1) is 28.9. The van der Waals surface area contributed by atoms with Crippen LogP contribution in [-0.2, 0) is 39.6 Å². The molecule has 192 valence electrons. The van der Waals surface area contributed by atoms with Crippen LogP contribution in [0.3, 0.4) is 0 Å². The van der Waals surface area contributed by atoms with Crippen molar-refractivity contribution in [1.82, 2.24) is 30.1 Å². The van der Waals surface area contributed by atoms with Crippen molar-refractivity contribution < 1.29 is 60.6 Å². The van der Waals surface area contributed by atoms with Crippen LogP contribution in [0.2, 0.25) is 0 Å². The zero-order chi connectivity index (χ0) is 25.9. The van der Waals surface area contributed by atoms with Gasteiger partial charge in [0.1, 0.15) is 11.5 Å². The zero-order valence-corrected chi connectivity index (χ0v) is 19.4. The van der Waals surface area contributed by atoms with Crippen LogP contribution in [0.1, 0.15) is 17.1 Å². The molecule has 0 radical (unpaired) electrons. The van der Waals surface area contributed by atoms with Gasteiger partial charge in [-0.05, 0) is 36.2 Å². The fourth-order valence-corrected chi connectivity index (χ4v) is 2.38. The minimum Gasteiger partial charge on any atom is -0.573 e. The number of pyridine rings is 2. The maximum atomic E-state index is 12.4. The summed E-state index contributed by atoms with van der Waals surface area (Å²) in [5, 5.41) is 6.04. The summed E-state index contributed by atoms with van der Waals surface area (Å²) in [6.45, 7) is 0. The molecule has 6 nitrogen and oxygen atoms in total. The van der Waals surface area contributed by atoms with Crippen LogP contribution in [0, 0.1) is 6.20 Å². The Morgan fingerprint density at radius 1 is 0.722 bits per heavy atom. The fraction of sp³-hybridized carbons (Fsp3) is 0.150. The summed E-state index contributed by atoms with van der Waals surface area (Å²) in [4.78, 5) is 13.8. The second-order valence-electron chi connectivity index (χ2n) is 6.47. The molecular weight excluding hydrogens is 690 g/mol. The topological polar surface area (TPSA) is 78.5 Å². The van der Waals surface area contributed by atoms with E-state index in [2.05, 4.69) is 36.3 Å². The molecule has 0 saturated carbocycles. The Kier molecular flexibility index (Phi) is 8.94. The summed E-state index contributed by atoms with van der Waals surface area (Å²) in [6, 6.07) is 6.93. The van der Waals surface area contributed by atoms with E-state index in [1.54, 1.807) is 18.2 Å². The molecule has 0 aromatic carbocycles. The van der Waals surface area contributed by atoms with Crippen LogP contribution in [0.15, 0.2) is 55.0 Å². The maximum absolute atomic E-state index is 12.4. The van der Waals surface area contributed by atoms with Gasteiger partial charge >= 0.3 is 39.6 Å². The van der Waals surface area contributed by atoms with E-state index >= 15 is 0 Å². The number of nitrogens with zero attached hydrogens (tertiary/aromatic N) is 6. The summed E-state index contributed by atoms with van der Waals surface area (Å²) in [5.41, 5.74) is -2.17. The molecular formula is C20H9F9N6Pt. The summed E-state index contributed by atoms with van der Waals surface area (Å²) >= 11 is 0. The molecule has 0 spiro atoms. The van der Waals surface area contributed by atoms with E-state index in [4.69, 9.17) is 0 Å². The number of halogens is 9. The van der Waals surface area contributed by atoms with E-state index in [0.29, 0.717) is 29.5 Å². The van der Waals surface area contributed by atoms with Gasteiger partial charge in [-0.25, -0.2) is 0 Å². The third-order valence-electron chi connectivity index (χ3n) is 3.97. The Hall–Kier alpha value is -3.35. The molecule has 0 aliphatic rings. The first-order chi connectivity index (χ1) is 16.2. The predicted octanol–water partition coefficient (Wildman–Crippen LogP) is 5.49. The van der Waals surface area contributed by atoms with Gasteiger partial charge in [0.2, 0.25) is 0 Å². The van der Waals surface area contributed by atoms with Gasteiger partial charge in [-0.3, -0.25) is 4.98 Å². The van der Waals surface area contributed by atoms with Crippen LogP contribution in [0.5, 0.6) is 0 Å². The van der Waals surface area contributed by atoms with E-state index in [-0.39, 0.29) is 32.5 Å². The summed E-state index contributed by atoms with van der Waals surface area (Å²) in [7, 11) is 0. The van der Waals surface area contributed by atoms with Gasteiger partial charge in [0.15, 0.2) is 0 Å². The van der Waals surface area contributed by atoms with Gasteiger partial charge in [-0.1, -0.05) is 29.6 Å². The first-order valence-corrected chi connectivity index (χ1v) is 9.09. The molecule has 4 heterocycles. The van der Waals surface area contributed by atoms with Gasteiger partial charge < -0.3 is 25.1 Å². The zero-order valence-electron chi connectivity index (χ0n) is 17.1. The van der Waals surface area contributed by atoms with Crippen LogP contribution in [0.4, 0.5) is 39.5 Å². The Balaban J connectivity index is 0.000000250. The standard InChI is InChI=1S/C10H4F6N3.C10H5F3N3.Pt/c11-9(12,13)5-1-2-17-6(3-5)7-4-8(19-18-7)10(14,15)16;11-10(12,13)9-15-5-7(6-16-9)8-3-1-2-4-14-8;/h1-4H;1-5H;/q2*-1;+2. The quantitative estimate of drug-likeness (QED) is 0.204. The third-order valence-corrected chi connectivity index (χ3v) is 3.97. The summed E-state index contributed by atoms with van der Waals surface area (Å²) in [6.07, 6.45) is -8.16. The maximum Gasteiger partial charge on any atom is 2.00 e. The Morgan fingerprint density at radius 3 is 1.92 bits per heavy atom. The second kappa shape index (κ2) is 11.1. The van der Waals surface area contributed by atoms with E-state index in [1.807, 2.05) is 0 Å². The molecule has 4 aromatic heterocycles. The van der Waals surface area contributed by atoms with E-state index < -0.39 is 35.6 Å². The molecule has 36 heavy (non-hydrogen) atoms. The number of rotatable bonds is 2. The van der Waals surface area contributed by atoms with Crippen molar-refractivity contribution in [3.8, 4) is 22.6 Å². The fourth-order valence-electron chi connectivity index (χ4n) is 2.38. The molecule has 0 unspecified atom stereocenters. The van der Waals surface area contributed by atoms with Gasteiger partial charge in [0, 0.05) is 18.1 Å². The van der Waals surface area contributed by atoms with Gasteiger partial charge in [-0.2, -0.15) is 39.5 Å². The van der Waals surface area contributed by atoms with Crippen molar-refractivity contribution >= 4 is 0 Å². The summed E-state index contributed by atoms with van der Waals surface area (Å²) < 4.78 is 111. The molecule has 0 N–H and O–H groups in total. The van der Waals surface area contributed by atoms with Gasteiger partial charge in [0.25, 0.3) is 0 Å². The Labute approximate surface area is 210 Å². The molecule has 4 aromatic rings. The van der Waals surface area contributed by atoms with E-state index in [9.17, 15) is 39.5 Å². The van der Waals surface area contributed by atoms with Crippen molar-refractivity contribution in [2.45, 2.75) is 18.5 Å². The molecule has 0 amide bonds. The molecule has 0 atom stereocenters. The third kappa shape index (κ3) is 7.57. The van der Waals surface area contributed by atoms with Crippen LogP contribution in [-0.4, -0.2) is 25.0 Å². The molecule has 0 aliphatic carbocycles.